The van der Waals surface area contributed by atoms with Crippen LogP contribution >= 0.6 is 23.3 Å². The molecule has 1 amide bonds. The number of carbonyl (C=O) groups is 1. The zero-order chi connectivity index (χ0) is 16.0. The van der Waals surface area contributed by atoms with Crippen LogP contribution in [0.25, 0.3) is 11.4 Å². The molecular weight excluding hydrogens is 335 g/mol. The zero-order valence-electron chi connectivity index (χ0n) is 11.3. The predicted molar refractivity (Wildman–Crippen MR) is 79.8 cm³/mol. The van der Waals surface area contributed by atoms with Gasteiger partial charge in [-0.3, -0.25) is 4.79 Å². The largest absolute Gasteiger partial charge is 0.390 e. The van der Waals surface area contributed by atoms with Crippen LogP contribution in [-0.2, 0) is 4.79 Å². The van der Waals surface area contributed by atoms with Crippen LogP contribution in [0.15, 0.2) is 34.7 Å². The highest BCUT2D eigenvalue weighted by Gasteiger charge is 2.26. The first kappa shape index (κ1) is 16.8. The van der Waals surface area contributed by atoms with Crippen LogP contribution in [0.1, 0.15) is 6.42 Å². The summed E-state index contributed by atoms with van der Waals surface area (Å²) in [5, 5.41) is 2.22. The molecule has 9 heteroatoms. The molecule has 0 spiro atoms. The number of amides is 1. The highest BCUT2D eigenvalue weighted by atomic mass is 32.2. The molecule has 0 saturated carbocycles. The lowest BCUT2D eigenvalue weighted by Crippen LogP contribution is -2.29. The summed E-state index contributed by atoms with van der Waals surface area (Å²) in [7, 11) is 0. The van der Waals surface area contributed by atoms with Crippen molar-refractivity contribution in [1.82, 2.24) is 14.7 Å². The molecule has 1 aromatic heterocycles. The molecule has 1 aromatic carbocycles. The summed E-state index contributed by atoms with van der Waals surface area (Å²) in [6.45, 7) is -0.408. The molecule has 0 radical (unpaired) electrons. The molecular formula is C13H12F3N3OS2. The van der Waals surface area contributed by atoms with Gasteiger partial charge in [-0.1, -0.05) is 42.1 Å². The summed E-state index contributed by atoms with van der Waals surface area (Å²) in [6, 6.07) is 9.38. The average Bonchev–Trinajstić information content (AvgIpc) is 2.94. The Morgan fingerprint density at radius 2 is 2.00 bits per heavy atom. The van der Waals surface area contributed by atoms with Gasteiger partial charge in [0.15, 0.2) is 10.2 Å². The second-order valence-corrected chi connectivity index (χ2v) is 6.23. The maximum Gasteiger partial charge on any atom is 0.390 e. The van der Waals surface area contributed by atoms with Crippen molar-refractivity contribution in [2.75, 3.05) is 12.3 Å². The molecule has 1 heterocycles. The minimum absolute atomic E-state index is 0.0152. The van der Waals surface area contributed by atoms with Crippen molar-refractivity contribution in [2.45, 2.75) is 16.9 Å². The fourth-order valence-electron chi connectivity index (χ4n) is 1.49. The van der Waals surface area contributed by atoms with Gasteiger partial charge in [-0.2, -0.15) is 17.5 Å². The van der Waals surface area contributed by atoms with Crippen LogP contribution in [0.4, 0.5) is 13.2 Å². The summed E-state index contributed by atoms with van der Waals surface area (Å²) < 4.78 is 40.6. The first-order valence-electron chi connectivity index (χ1n) is 6.29. The van der Waals surface area contributed by atoms with Gasteiger partial charge in [0.05, 0.1) is 12.2 Å². The van der Waals surface area contributed by atoms with E-state index in [2.05, 4.69) is 14.7 Å². The van der Waals surface area contributed by atoms with Gasteiger partial charge < -0.3 is 5.32 Å². The van der Waals surface area contributed by atoms with Crippen LogP contribution in [-0.4, -0.2) is 33.7 Å². The van der Waals surface area contributed by atoms with E-state index >= 15 is 0 Å². The van der Waals surface area contributed by atoms with Crippen LogP contribution in [0.5, 0.6) is 0 Å². The lowest BCUT2D eigenvalue weighted by molar-refractivity contribution is -0.135. The number of halogens is 3. The Labute approximate surface area is 133 Å². The lowest BCUT2D eigenvalue weighted by Gasteiger charge is -2.06. The minimum Gasteiger partial charge on any atom is -0.355 e. The van der Waals surface area contributed by atoms with Gasteiger partial charge in [0.1, 0.15) is 0 Å². The molecule has 2 rings (SSSR count). The number of hydrogen-bond acceptors (Lipinski definition) is 5. The van der Waals surface area contributed by atoms with Crippen molar-refractivity contribution < 1.29 is 18.0 Å². The third kappa shape index (κ3) is 5.64. The molecule has 0 saturated heterocycles. The first-order chi connectivity index (χ1) is 10.4. The second kappa shape index (κ2) is 7.59. The van der Waals surface area contributed by atoms with E-state index < -0.39 is 25.0 Å². The van der Waals surface area contributed by atoms with Crippen molar-refractivity contribution in [3.63, 3.8) is 0 Å². The van der Waals surface area contributed by atoms with E-state index in [1.807, 2.05) is 30.3 Å². The fraction of sp³-hybridized carbons (Fsp3) is 0.308. The van der Waals surface area contributed by atoms with Crippen LogP contribution < -0.4 is 5.32 Å². The summed E-state index contributed by atoms with van der Waals surface area (Å²) in [5.74, 6) is 0.137. The lowest BCUT2D eigenvalue weighted by atomic mass is 10.2. The topological polar surface area (TPSA) is 54.9 Å². The number of benzene rings is 1. The number of rotatable bonds is 6. The van der Waals surface area contributed by atoms with Gasteiger partial charge in [0.25, 0.3) is 0 Å². The molecule has 1 N–H and O–H groups in total. The van der Waals surface area contributed by atoms with E-state index in [0.29, 0.717) is 10.2 Å². The number of alkyl halides is 3. The molecule has 0 fully saturated rings. The van der Waals surface area contributed by atoms with E-state index in [0.717, 1.165) is 28.9 Å². The maximum atomic E-state index is 11.9. The molecule has 0 unspecified atom stereocenters. The zero-order valence-corrected chi connectivity index (χ0v) is 12.9. The van der Waals surface area contributed by atoms with Crippen LogP contribution in [0.2, 0.25) is 0 Å². The molecule has 0 aliphatic heterocycles. The summed E-state index contributed by atoms with van der Waals surface area (Å²) in [4.78, 5) is 15.7. The smallest absolute Gasteiger partial charge is 0.355 e. The number of thioether (sulfide) groups is 1. The van der Waals surface area contributed by atoms with E-state index in [1.165, 1.54) is 0 Å². The molecule has 22 heavy (non-hydrogen) atoms. The van der Waals surface area contributed by atoms with Gasteiger partial charge in [-0.25, -0.2) is 4.98 Å². The predicted octanol–water partition coefficient (Wildman–Crippen LogP) is 3.37. The molecule has 0 aliphatic rings. The Balaban J connectivity index is 1.78. The van der Waals surface area contributed by atoms with Gasteiger partial charge in [0.2, 0.25) is 5.91 Å². The van der Waals surface area contributed by atoms with Gasteiger partial charge >= 0.3 is 6.18 Å². The third-order valence-corrected chi connectivity index (χ3v) is 4.33. The summed E-state index contributed by atoms with van der Waals surface area (Å²) >= 11 is 2.31. The summed E-state index contributed by atoms with van der Waals surface area (Å²) in [5.41, 5.74) is 0.875. The molecule has 0 bridgehead atoms. The van der Waals surface area contributed by atoms with Gasteiger partial charge in [0, 0.05) is 12.1 Å². The van der Waals surface area contributed by atoms with E-state index in [4.69, 9.17) is 0 Å². The van der Waals surface area contributed by atoms with Crippen LogP contribution in [0.3, 0.4) is 0 Å². The molecule has 4 nitrogen and oxygen atoms in total. The number of carbonyl (C=O) groups excluding carboxylic acids is 1. The van der Waals surface area contributed by atoms with E-state index in [9.17, 15) is 18.0 Å². The fourth-order valence-corrected chi connectivity index (χ4v) is 2.94. The van der Waals surface area contributed by atoms with Crippen molar-refractivity contribution in [3.8, 4) is 11.4 Å². The maximum absolute atomic E-state index is 11.9. The first-order valence-corrected chi connectivity index (χ1v) is 8.05. The Bertz CT molecular complexity index is 616. The van der Waals surface area contributed by atoms with Crippen LogP contribution in [0, 0.1) is 0 Å². The summed E-state index contributed by atoms with van der Waals surface area (Å²) in [6.07, 6.45) is -5.29. The minimum atomic E-state index is -4.26. The Hall–Kier alpha value is -1.61. The molecule has 118 valence electrons. The SMILES string of the molecule is O=C(CSc1nc(-c2ccccc2)ns1)NCCC(F)(F)F. The Morgan fingerprint density at radius 1 is 1.27 bits per heavy atom. The monoisotopic (exact) mass is 347 g/mol. The highest BCUT2D eigenvalue weighted by Crippen LogP contribution is 2.24. The molecule has 2 aromatic rings. The third-order valence-electron chi connectivity index (χ3n) is 2.50. The van der Waals surface area contributed by atoms with Crippen molar-refractivity contribution in [1.29, 1.82) is 0 Å². The van der Waals surface area contributed by atoms with Crippen molar-refractivity contribution >= 4 is 29.2 Å². The normalized spacial score (nSPS) is 11.4. The van der Waals surface area contributed by atoms with Crippen molar-refractivity contribution in [3.05, 3.63) is 30.3 Å². The number of nitrogens with zero attached hydrogens (tertiary/aromatic N) is 2. The Morgan fingerprint density at radius 3 is 2.68 bits per heavy atom. The highest BCUT2D eigenvalue weighted by molar-refractivity contribution is 8.01. The second-order valence-electron chi connectivity index (χ2n) is 4.25. The van der Waals surface area contributed by atoms with E-state index in [1.54, 1.807) is 0 Å². The quantitative estimate of drug-likeness (QED) is 0.814. The Kier molecular flexibility index (Phi) is 5.78. The van der Waals surface area contributed by atoms with E-state index in [-0.39, 0.29) is 5.75 Å². The molecule has 0 atom stereocenters. The van der Waals surface area contributed by atoms with Gasteiger partial charge in [-0.15, -0.1) is 0 Å². The van der Waals surface area contributed by atoms with Crippen molar-refractivity contribution in [2.24, 2.45) is 0 Å². The number of hydrogen-bond donors (Lipinski definition) is 1. The average molecular weight is 347 g/mol. The molecule has 0 aliphatic carbocycles. The standard InChI is InChI=1S/C13H12F3N3OS2/c14-13(15,16)6-7-17-10(20)8-21-12-18-11(19-22-12)9-4-2-1-3-5-9/h1-5H,6-8H2,(H,17,20). The number of nitrogens with one attached hydrogen (secondary N) is 1. The number of aromatic nitrogens is 2. The van der Waals surface area contributed by atoms with Gasteiger partial charge in [-0.05, 0) is 11.5 Å².